The van der Waals surface area contributed by atoms with Crippen molar-refractivity contribution in [2.45, 2.75) is 32.7 Å². The topological polar surface area (TPSA) is 63.4 Å². The minimum Gasteiger partial charge on any atom is -0.370 e. The van der Waals surface area contributed by atoms with Crippen molar-refractivity contribution < 1.29 is 9.59 Å². The van der Waals surface area contributed by atoms with Gasteiger partial charge in [-0.05, 0) is 12.0 Å². The van der Waals surface area contributed by atoms with Crippen LogP contribution in [0.4, 0.5) is 0 Å². The number of amides is 2. The Balaban J connectivity index is 2.64. The molecule has 1 aromatic rings. The molecule has 2 N–H and O–H groups in total. The van der Waals surface area contributed by atoms with E-state index in [1.807, 2.05) is 37.3 Å². The van der Waals surface area contributed by atoms with Crippen molar-refractivity contribution >= 4 is 11.8 Å². The summed E-state index contributed by atoms with van der Waals surface area (Å²) in [5.74, 6) is -0.306. The molecule has 0 atom stereocenters. The molecule has 98 valence electrons. The maximum absolute atomic E-state index is 11.9. The van der Waals surface area contributed by atoms with Crippen molar-refractivity contribution in [3.05, 3.63) is 35.9 Å². The molecule has 0 aliphatic heterocycles. The van der Waals surface area contributed by atoms with Crippen molar-refractivity contribution in [1.82, 2.24) is 4.90 Å². The molecule has 0 aliphatic carbocycles. The SMILES string of the molecule is CCCC(=O)N(CCC(N)=O)Cc1ccccc1. The van der Waals surface area contributed by atoms with E-state index in [9.17, 15) is 9.59 Å². The normalized spacial score (nSPS) is 10.1. The molecule has 0 aromatic heterocycles. The van der Waals surface area contributed by atoms with Crippen LogP contribution in [0.15, 0.2) is 30.3 Å². The van der Waals surface area contributed by atoms with Crippen molar-refractivity contribution in [2.24, 2.45) is 5.73 Å². The van der Waals surface area contributed by atoms with Crippen molar-refractivity contribution in [3.63, 3.8) is 0 Å². The summed E-state index contributed by atoms with van der Waals surface area (Å²) in [6, 6.07) is 9.75. The van der Waals surface area contributed by atoms with E-state index >= 15 is 0 Å². The molecule has 4 heteroatoms. The Hall–Kier alpha value is -1.84. The molecule has 4 nitrogen and oxygen atoms in total. The highest BCUT2D eigenvalue weighted by molar-refractivity contribution is 5.78. The third kappa shape index (κ3) is 4.99. The standard InChI is InChI=1S/C14H20N2O2/c1-2-6-14(18)16(10-9-13(15)17)11-12-7-4-3-5-8-12/h3-5,7-8H,2,6,9-11H2,1H3,(H2,15,17). The molecule has 0 unspecified atom stereocenters. The van der Waals surface area contributed by atoms with Gasteiger partial charge in [0.2, 0.25) is 11.8 Å². The van der Waals surface area contributed by atoms with Crippen LogP contribution in [0, 0.1) is 0 Å². The molecular formula is C14H20N2O2. The van der Waals surface area contributed by atoms with Crippen LogP contribution < -0.4 is 5.73 Å². The molecule has 0 spiro atoms. The summed E-state index contributed by atoms with van der Waals surface area (Å²) in [6.45, 7) is 2.89. The highest BCUT2D eigenvalue weighted by Crippen LogP contribution is 2.07. The molecule has 18 heavy (non-hydrogen) atoms. The molecule has 0 saturated heterocycles. The van der Waals surface area contributed by atoms with Crippen LogP contribution in [0.25, 0.3) is 0 Å². The second-order valence-corrected chi connectivity index (χ2v) is 4.27. The largest absolute Gasteiger partial charge is 0.370 e. The van der Waals surface area contributed by atoms with Crippen LogP contribution in [0.1, 0.15) is 31.7 Å². The fourth-order valence-corrected chi connectivity index (χ4v) is 1.71. The molecule has 0 saturated carbocycles. The van der Waals surface area contributed by atoms with Crippen LogP contribution in [0.2, 0.25) is 0 Å². The summed E-state index contributed by atoms with van der Waals surface area (Å²) < 4.78 is 0. The van der Waals surface area contributed by atoms with Crippen molar-refractivity contribution in [1.29, 1.82) is 0 Å². The lowest BCUT2D eigenvalue weighted by Crippen LogP contribution is -2.33. The summed E-state index contributed by atoms with van der Waals surface area (Å²) >= 11 is 0. The van der Waals surface area contributed by atoms with Gasteiger partial charge in [0.1, 0.15) is 0 Å². The number of benzene rings is 1. The number of rotatable bonds is 7. The average molecular weight is 248 g/mol. The first-order valence-corrected chi connectivity index (χ1v) is 6.23. The quantitative estimate of drug-likeness (QED) is 0.798. The lowest BCUT2D eigenvalue weighted by atomic mass is 10.2. The summed E-state index contributed by atoms with van der Waals surface area (Å²) in [6.07, 6.45) is 1.52. The van der Waals surface area contributed by atoms with Crippen LogP contribution in [0.3, 0.4) is 0 Å². The minimum absolute atomic E-state index is 0.0719. The number of primary amides is 1. The van der Waals surface area contributed by atoms with Crippen molar-refractivity contribution in [3.8, 4) is 0 Å². The Labute approximate surface area is 108 Å². The molecule has 1 aromatic carbocycles. The summed E-state index contributed by atoms with van der Waals surface area (Å²) in [5.41, 5.74) is 6.19. The maximum Gasteiger partial charge on any atom is 0.222 e. The van der Waals surface area contributed by atoms with Gasteiger partial charge in [0.15, 0.2) is 0 Å². The fourth-order valence-electron chi connectivity index (χ4n) is 1.71. The van der Waals surface area contributed by atoms with Gasteiger partial charge in [-0.15, -0.1) is 0 Å². The van der Waals surface area contributed by atoms with Crippen LogP contribution in [-0.2, 0) is 16.1 Å². The van der Waals surface area contributed by atoms with Crippen LogP contribution in [-0.4, -0.2) is 23.3 Å². The van der Waals surface area contributed by atoms with Gasteiger partial charge in [0.05, 0.1) is 0 Å². The highest BCUT2D eigenvalue weighted by atomic mass is 16.2. The predicted octanol–water partition coefficient (Wildman–Crippen LogP) is 1.69. The molecular weight excluding hydrogens is 228 g/mol. The second kappa shape index (κ2) is 7.48. The Morgan fingerprint density at radius 3 is 2.39 bits per heavy atom. The number of carbonyl (C=O) groups excluding carboxylic acids is 2. The Morgan fingerprint density at radius 1 is 1.17 bits per heavy atom. The highest BCUT2D eigenvalue weighted by Gasteiger charge is 2.13. The van der Waals surface area contributed by atoms with E-state index in [0.717, 1.165) is 12.0 Å². The van der Waals surface area contributed by atoms with E-state index in [0.29, 0.717) is 19.5 Å². The molecule has 2 amide bonds. The van der Waals surface area contributed by atoms with Gasteiger partial charge in [-0.3, -0.25) is 9.59 Å². The summed E-state index contributed by atoms with van der Waals surface area (Å²) in [5, 5.41) is 0. The first-order valence-electron chi connectivity index (χ1n) is 6.23. The maximum atomic E-state index is 11.9. The number of hydrogen-bond acceptors (Lipinski definition) is 2. The van der Waals surface area contributed by atoms with Gasteiger partial charge in [-0.2, -0.15) is 0 Å². The Morgan fingerprint density at radius 2 is 1.83 bits per heavy atom. The van der Waals surface area contributed by atoms with Gasteiger partial charge < -0.3 is 10.6 Å². The predicted molar refractivity (Wildman–Crippen MR) is 70.6 cm³/mol. The van der Waals surface area contributed by atoms with Gasteiger partial charge in [0, 0.05) is 25.9 Å². The van der Waals surface area contributed by atoms with Gasteiger partial charge in [0.25, 0.3) is 0 Å². The first-order chi connectivity index (χ1) is 8.63. The first kappa shape index (κ1) is 14.2. The van der Waals surface area contributed by atoms with E-state index in [1.54, 1.807) is 4.90 Å². The lowest BCUT2D eigenvalue weighted by molar-refractivity contribution is -0.132. The minimum atomic E-state index is -0.377. The molecule has 1 rings (SSSR count). The monoisotopic (exact) mass is 248 g/mol. The number of hydrogen-bond donors (Lipinski definition) is 1. The van der Waals surface area contributed by atoms with Gasteiger partial charge >= 0.3 is 0 Å². The number of nitrogens with zero attached hydrogens (tertiary/aromatic N) is 1. The van der Waals surface area contributed by atoms with E-state index in [-0.39, 0.29) is 18.2 Å². The summed E-state index contributed by atoms with van der Waals surface area (Å²) in [7, 11) is 0. The van der Waals surface area contributed by atoms with E-state index < -0.39 is 0 Å². The molecule has 0 fully saturated rings. The van der Waals surface area contributed by atoms with Crippen molar-refractivity contribution in [2.75, 3.05) is 6.54 Å². The molecule has 0 aliphatic rings. The zero-order chi connectivity index (χ0) is 13.4. The second-order valence-electron chi connectivity index (χ2n) is 4.27. The van der Waals surface area contributed by atoms with E-state index in [2.05, 4.69) is 0 Å². The third-order valence-electron chi connectivity index (χ3n) is 2.66. The van der Waals surface area contributed by atoms with Crippen LogP contribution in [0.5, 0.6) is 0 Å². The zero-order valence-corrected chi connectivity index (χ0v) is 10.8. The smallest absolute Gasteiger partial charge is 0.222 e. The van der Waals surface area contributed by atoms with E-state index in [4.69, 9.17) is 5.73 Å². The number of carbonyl (C=O) groups is 2. The molecule has 0 heterocycles. The zero-order valence-electron chi connectivity index (χ0n) is 10.8. The van der Waals surface area contributed by atoms with Gasteiger partial charge in [-0.1, -0.05) is 37.3 Å². The third-order valence-corrected chi connectivity index (χ3v) is 2.66. The van der Waals surface area contributed by atoms with Crippen LogP contribution >= 0.6 is 0 Å². The Bertz CT molecular complexity index is 390. The Kier molecular flexibility index (Phi) is 5.91. The summed E-state index contributed by atoms with van der Waals surface area (Å²) in [4.78, 5) is 24.5. The molecule has 0 bridgehead atoms. The van der Waals surface area contributed by atoms with Gasteiger partial charge in [-0.25, -0.2) is 0 Å². The molecule has 0 radical (unpaired) electrons. The van der Waals surface area contributed by atoms with E-state index in [1.165, 1.54) is 0 Å². The lowest BCUT2D eigenvalue weighted by Gasteiger charge is -2.22. The fraction of sp³-hybridized carbons (Fsp3) is 0.429. The average Bonchev–Trinajstić information content (AvgIpc) is 2.35. The number of nitrogens with two attached hydrogens (primary N) is 1.